The Kier molecular flexibility index (Phi) is 5.50. The fraction of sp³-hybridized carbons (Fsp3) is 0.750. The van der Waals surface area contributed by atoms with E-state index >= 15 is 0 Å². The summed E-state index contributed by atoms with van der Waals surface area (Å²) in [5.74, 6) is 0.469. The first kappa shape index (κ1) is 17.3. The summed E-state index contributed by atoms with van der Waals surface area (Å²) in [6, 6.07) is 0. The van der Waals surface area contributed by atoms with Gasteiger partial charge in [0, 0.05) is 38.8 Å². The number of carbonyl (C=O) groups excluding carboxylic acids is 1. The average molecular weight is 327 g/mol. The Morgan fingerprint density at radius 1 is 1.45 bits per heavy atom. The number of nitrogens with zero attached hydrogens (tertiary/aromatic N) is 2. The minimum atomic E-state index is 0. The van der Waals surface area contributed by atoms with Gasteiger partial charge in [-0.25, -0.2) is 0 Å². The van der Waals surface area contributed by atoms with Crippen LogP contribution in [0.25, 0.3) is 0 Å². The lowest BCUT2D eigenvalue weighted by atomic mass is 9.87. The smallest absolute Gasteiger partial charge is 0.225 e. The SMILES string of the molecule is Cl.Cn1cc([C@H]2CNC[C@@H]2C(=O)NCC2(C)CCCC2)cn1. The molecule has 0 spiro atoms. The summed E-state index contributed by atoms with van der Waals surface area (Å²) >= 11 is 0. The summed E-state index contributed by atoms with van der Waals surface area (Å²) in [4.78, 5) is 12.6. The van der Waals surface area contributed by atoms with Crippen molar-refractivity contribution in [1.82, 2.24) is 20.4 Å². The van der Waals surface area contributed by atoms with E-state index in [1.807, 2.05) is 24.1 Å². The van der Waals surface area contributed by atoms with Crippen LogP contribution in [0, 0.1) is 11.3 Å². The van der Waals surface area contributed by atoms with Gasteiger partial charge in [0.1, 0.15) is 0 Å². The predicted molar refractivity (Wildman–Crippen MR) is 89.1 cm³/mol. The Morgan fingerprint density at radius 2 is 2.18 bits per heavy atom. The van der Waals surface area contributed by atoms with E-state index in [4.69, 9.17) is 0 Å². The molecule has 1 aliphatic carbocycles. The van der Waals surface area contributed by atoms with E-state index in [0.717, 1.165) is 25.2 Å². The van der Waals surface area contributed by atoms with Gasteiger partial charge in [0.15, 0.2) is 0 Å². The fourth-order valence-electron chi connectivity index (χ4n) is 3.77. The van der Waals surface area contributed by atoms with E-state index in [0.29, 0.717) is 5.41 Å². The van der Waals surface area contributed by atoms with E-state index in [-0.39, 0.29) is 30.2 Å². The molecule has 0 aromatic carbocycles. The predicted octanol–water partition coefficient (Wildman–Crippen LogP) is 1.84. The van der Waals surface area contributed by atoms with E-state index in [9.17, 15) is 4.79 Å². The molecule has 1 aromatic heterocycles. The van der Waals surface area contributed by atoms with Crippen LogP contribution in [-0.4, -0.2) is 35.3 Å². The third-order valence-electron chi connectivity index (χ3n) is 5.20. The normalized spacial score (nSPS) is 26.6. The maximum absolute atomic E-state index is 12.6. The number of hydrogen-bond donors (Lipinski definition) is 2. The highest BCUT2D eigenvalue weighted by atomic mass is 35.5. The van der Waals surface area contributed by atoms with Crippen LogP contribution in [0.15, 0.2) is 12.4 Å². The first-order valence-corrected chi connectivity index (χ1v) is 8.04. The van der Waals surface area contributed by atoms with Gasteiger partial charge < -0.3 is 10.6 Å². The number of hydrogen-bond acceptors (Lipinski definition) is 3. The first-order valence-electron chi connectivity index (χ1n) is 8.04. The molecule has 22 heavy (non-hydrogen) atoms. The van der Waals surface area contributed by atoms with Crippen LogP contribution in [0.4, 0.5) is 0 Å². The summed E-state index contributed by atoms with van der Waals surface area (Å²) in [5, 5.41) is 10.8. The zero-order valence-corrected chi connectivity index (χ0v) is 14.3. The quantitative estimate of drug-likeness (QED) is 0.887. The summed E-state index contributed by atoms with van der Waals surface area (Å²) in [6.45, 7) is 4.75. The Bertz CT molecular complexity index is 510. The highest BCUT2D eigenvalue weighted by Crippen LogP contribution is 2.37. The van der Waals surface area contributed by atoms with Gasteiger partial charge in [-0.2, -0.15) is 5.10 Å². The van der Waals surface area contributed by atoms with E-state index < -0.39 is 0 Å². The van der Waals surface area contributed by atoms with E-state index in [2.05, 4.69) is 22.7 Å². The van der Waals surface area contributed by atoms with Crippen molar-refractivity contribution in [3.05, 3.63) is 18.0 Å². The number of carbonyl (C=O) groups is 1. The molecule has 124 valence electrons. The molecule has 3 rings (SSSR count). The van der Waals surface area contributed by atoms with E-state index in [1.54, 1.807) is 0 Å². The lowest BCUT2D eigenvalue weighted by Gasteiger charge is -2.25. The molecule has 2 atom stereocenters. The van der Waals surface area contributed by atoms with Crippen LogP contribution < -0.4 is 10.6 Å². The number of nitrogens with one attached hydrogen (secondary N) is 2. The van der Waals surface area contributed by atoms with Gasteiger partial charge in [0.2, 0.25) is 5.91 Å². The highest BCUT2D eigenvalue weighted by molar-refractivity contribution is 5.85. The van der Waals surface area contributed by atoms with Crippen LogP contribution in [-0.2, 0) is 11.8 Å². The number of amides is 1. The third-order valence-corrected chi connectivity index (χ3v) is 5.20. The van der Waals surface area contributed by atoms with Crippen molar-refractivity contribution in [2.45, 2.75) is 38.5 Å². The molecule has 5 nitrogen and oxygen atoms in total. The molecule has 6 heteroatoms. The topological polar surface area (TPSA) is 59.0 Å². The van der Waals surface area contributed by atoms with Crippen molar-refractivity contribution >= 4 is 18.3 Å². The van der Waals surface area contributed by atoms with Crippen LogP contribution in [0.1, 0.15) is 44.1 Å². The summed E-state index contributed by atoms with van der Waals surface area (Å²) in [7, 11) is 1.92. The van der Waals surface area contributed by atoms with Gasteiger partial charge in [-0.15, -0.1) is 12.4 Å². The first-order chi connectivity index (χ1) is 10.1. The zero-order valence-electron chi connectivity index (χ0n) is 13.5. The van der Waals surface area contributed by atoms with Crippen LogP contribution in [0.2, 0.25) is 0 Å². The maximum atomic E-state index is 12.6. The molecule has 0 bridgehead atoms. The van der Waals surface area contributed by atoms with Gasteiger partial charge in [0.05, 0.1) is 12.1 Å². The second-order valence-electron chi connectivity index (χ2n) is 7.05. The lowest BCUT2D eigenvalue weighted by molar-refractivity contribution is -0.125. The zero-order chi connectivity index (χ0) is 14.9. The minimum Gasteiger partial charge on any atom is -0.355 e. The van der Waals surface area contributed by atoms with Crippen molar-refractivity contribution in [3.8, 4) is 0 Å². The Morgan fingerprint density at radius 3 is 2.82 bits per heavy atom. The second kappa shape index (κ2) is 7.01. The van der Waals surface area contributed by atoms with Crippen LogP contribution in [0.5, 0.6) is 0 Å². The van der Waals surface area contributed by atoms with Gasteiger partial charge in [-0.1, -0.05) is 19.8 Å². The van der Waals surface area contributed by atoms with Crippen molar-refractivity contribution in [2.75, 3.05) is 19.6 Å². The summed E-state index contributed by atoms with van der Waals surface area (Å²) in [5.41, 5.74) is 1.47. The minimum absolute atomic E-state index is 0. The Labute approximate surface area is 138 Å². The van der Waals surface area contributed by atoms with E-state index in [1.165, 1.54) is 25.7 Å². The van der Waals surface area contributed by atoms with Crippen molar-refractivity contribution < 1.29 is 4.79 Å². The molecule has 2 N–H and O–H groups in total. The molecule has 2 heterocycles. The third kappa shape index (κ3) is 3.63. The largest absolute Gasteiger partial charge is 0.355 e. The van der Waals surface area contributed by atoms with Gasteiger partial charge in [-0.3, -0.25) is 9.48 Å². The van der Waals surface area contributed by atoms with Crippen LogP contribution in [0.3, 0.4) is 0 Å². The molecule has 0 unspecified atom stereocenters. The number of aromatic nitrogens is 2. The molecule has 1 saturated heterocycles. The Balaban J connectivity index is 0.00000176. The average Bonchev–Trinajstić information content (AvgIpc) is 3.16. The standard InChI is InChI=1S/C16H26N4O.ClH/c1-16(5-3-4-6-16)11-18-15(21)14-9-17-8-13(14)12-7-19-20(2)10-12;/h7,10,13-14,17H,3-6,8-9,11H2,1-2H3,(H,18,21);1H/t13-,14+;/m1./s1. The molecule has 2 fully saturated rings. The molecule has 1 amide bonds. The van der Waals surface area contributed by atoms with Crippen molar-refractivity contribution in [1.29, 1.82) is 0 Å². The van der Waals surface area contributed by atoms with Gasteiger partial charge >= 0.3 is 0 Å². The Hall–Kier alpha value is -1.07. The molecule has 1 saturated carbocycles. The van der Waals surface area contributed by atoms with Crippen molar-refractivity contribution in [2.24, 2.45) is 18.4 Å². The number of halogens is 1. The molecule has 2 aliphatic rings. The highest BCUT2D eigenvalue weighted by Gasteiger charge is 2.36. The number of aryl methyl sites for hydroxylation is 1. The second-order valence-corrected chi connectivity index (χ2v) is 7.05. The maximum Gasteiger partial charge on any atom is 0.225 e. The molecular weight excluding hydrogens is 300 g/mol. The summed E-state index contributed by atoms with van der Waals surface area (Å²) in [6.07, 6.45) is 8.99. The molecular formula is C16H27ClN4O. The monoisotopic (exact) mass is 326 g/mol. The molecule has 1 aliphatic heterocycles. The van der Waals surface area contributed by atoms with Crippen LogP contribution >= 0.6 is 12.4 Å². The lowest BCUT2D eigenvalue weighted by Crippen LogP contribution is -2.39. The molecule has 1 aromatic rings. The fourth-order valence-corrected chi connectivity index (χ4v) is 3.77. The van der Waals surface area contributed by atoms with Gasteiger partial charge in [-0.05, 0) is 23.8 Å². The number of rotatable bonds is 4. The van der Waals surface area contributed by atoms with Crippen molar-refractivity contribution in [3.63, 3.8) is 0 Å². The molecule has 0 radical (unpaired) electrons. The van der Waals surface area contributed by atoms with Gasteiger partial charge in [0.25, 0.3) is 0 Å². The summed E-state index contributed by atoms with van der Waals surface area (Å²) < 4.78 is 1.81.